The number of ketones is 1. The second-order valence-corrected chi connectivity index (χ2v) is 3.64. The maximum absolute atomic E-state index is 12.3. The van der Waals surface area contributed by atoms with E-state index in [0.29, 0.717) is 11.4 Å². The van der Waals surface area contributed by atoms with Gasteiger partial charge in [-0.1, -0.05) is 0 Å². The summed E-state index contributed by atoms with van der Waals surface area (Å²) in [6.07, 6.45) is -2.96. The van der Waals surface area contributed by atoms with Crippen molar-refractivity contribution in [2.45, 2.75) is 20.0 Å². The second kappa shape index (κ2) is 5.03. The fraction of sp³-hybridized carbons (Fsp3) is 0.250. The minimum atomic E-state index is -4.33. The fourth-order valence-corrected chi connectivity index (χ4v) is 1.31. The Balaban J connectivity index is 2.79. The van der Waals surface area contributed by atoms with E-state index in [1.54, 1.807) is 6.92 Å². The van der Waals surface area contributed by atoms with E-state index in [1.165, 1.54) is 25.1 Å². The highest BCUT2D eigenvalue weighted by Crippen LogP contribution is 2.29. The molecule has 1 rings (SSSR count). The number of nitrogens with one attached hydrogen (secondary N) is 1. The molecule has 17 heavy (non-hydrogen) atoms. The molecule has 0 amide bonds. The number of allylic oxidation sites excluding steroid dienone is 2. The number of hydrogen-bond donors (Lipinski definition) is 1. The highest BCUT2D eigenvalue weighted by Gasteiger charge is 2.29. The Kier molecular flexibility index (Phi) is 3.93. The first kappa shape index (κ1) is 13.3. The molecule has 0 atom stereocenters. The first-order valence-corrected chi connectivity index (χ1v) is 4.92. The number of anilines is 1. The molecule has 0 saturated carbocycles. The molecule has 5 heteroatoms. The third-order valence-electron chi connectivity index (χ3n) is 1.97. The summed E-state index contributed by atoms with van der Waals surface area (Å²) in [6, 6.07) is 4.62. The topological polar surface area (TPSA) is 29.1 Å². The predicted octanol–water partition coefficient (Wildman–Crippen LogP) is 3.61. The molecule has 0 aromatic heterocycles. The van der Waals surface area contributed by atoms with Crippen LogP contribution in [0, 0.1) is 0 Å². The molecule has 2 nitrogen and oxygen atoms in total. The lowest BCUT2D eigenvalue weighted by molar-refractivity contribution is -0.137. The van der Waals surface area contributed by atoms with Crippen molar-refractivity contribution in [2.24, 2.45) is 0 Å². The quantitative estimate of drug-likeness (QED) is 0.821. The van der Waals surface area contributed by atoms with Gasteiger partial charge < -0.3 is 5.32 Å². The van der Waals surface area contributed by atoms with Gasteiger partial charge in [0.05, 0.1) is 5.56 Å². The normalized spacial score (nSPS) is 12.4. The number of halogens is 3. The zero-order valence-electron chi connectivity index (χ0n) is 9.43. The molecule has 0 unspecified atom stereocenters. The molecule has 0 fully saturated rings. The highest BCUT2D eigenvalue weighted by molar-refractivity contribution is 5.88. The Bertz CT molecular complexity index is 432. The van der Waals surface area contributed by atoms with Crippen LogP contribution in [0.15, 0.2) is 36.0 Å². The van der Waals surface area contributed by atoms with Crippen molar-refractivity contribution < 1.29 is 18.0 Å². The summed E-state index contributed by atoms with van der Waals surface area (Å²) < 4.78 is 36.8. The molecule has 0 aliphatic carbocycles. The molecule has 1 aromatic rings. The van der Waals surface area contributed by atoms with Gasteiger partial charge in [0.15, 0.2) is 5.78 Å². The predicted molar refractivity (Wildman–Crippen MR) is 59.5 cm³/mol. The highest BCUT2D eigenvalue weighted by atomic mass is 19.4. The summed E-state index contributed by atoms with van der Waals surface area (Å²) in [5.41, 5.74) is 0.390. The Hall–Kier alpha value is -1.78. The monoisotopic (exact) mass is 243 g/mol. The van der Waals surface area contributed by atoms with Crippen LogP contribution in [-0.4, -0.2) is 5.78 Å². The smallest absolute Gasteiger partial charge is 0.359 e. The van der Waals surface area contributed by atoms with Crippen molar-refractivity contribution in [3.63, 3.8) is 0 Å². The molecule has 1 aromatic carbocycles. The zero-order chi connectivity index (χ0) is 13.1. The van der Waals surface area contributed by atoms with Crippen LogP contribution in [0.4, 0.5) is 18.9 Å². The Morgan fingerprint density at radius 1 is 1.18 bits per heavy atom. The third-order valence-corrected chi connectivity index (χ3v) is 1.97. The first-order chi connectivity index (χ1) is 7.79. The van der Waals surface area contributed by atoms with Gasteiger partial charge in [-0.2, -0.15) is 13.2 Å². The van der Waals surface area contributed by atoms with Gasteiger partial charge in [-0.05, 0) is 44.2 Å². The van der Waals surface area contributed by atoms with Crippen LogP contribution in [0.5, 0.6) is 0 Å². The zero-order valence-corrected chi connectivity index (χ0v) is 9.43. The first-order valence-electron chi connectivity index (χ1n) is 4.92. The van der Waals surface area contributed by atoms with Crippen LogP contribution >= 0.6 is 0 Å². The van der Waals surface area contributed by atoms with E-state index in [-0.39, 0.29) is 5.78 Å². The Morgan fingerprint density at radius 3 is 2.12 bits per heavy atom. The Morgan fingerprint density at radius 2 is 1.71 bits per heavy atom. The molecule has 0 aliphatic rings. The lowest BCUT2D eigenvalue weighted by Gasteiger charge is -2.09. The lowest BCUT2D eigenvalue weighted by atomic mass is 10.2. The summed E-state index contributed by atoms with van der Waals surface area (Å²) >= 11 is 0. The summed E-state index contributed by atoms with van der Waals surface area (Å²) in [7, 11) is 0. The van der Waals surface area contributed by atoms with E-state index < -0.39 is 11.7 Å². The number of carbonyl (C=O) groups excluding carboxylic acids is 1. The van der Waals surface area contributed by atoms with Gasteiger partial charge in [-0.15, -0.1) is 0 Å². The maximum Gasteiger partial charge on any atom is 0.416 e. The van der Waals surface area contributed by atoms with Gasteiger partial charge in [-0.3, -0.25) is 4.79 Å². The van der Waals surface area contributed by atoms with Crippen molar-refractivity contribution >= 4 is 11.5 Å². The van der Waals surface area contributed by atoms with Crippen molar-refractivity contribution in [2.75, 3.05) is 5.32 Å². The van der Waals surface area contributed by atoms with E-state index in [9.17, 15) is 18.0 Å². The molecular formula is C12H12F3NO. The number of rotatable bonds is 3. The van der Waals surface area contributed by atoms with E-state index in [1.807, 2.05) is 0 Å². The van der Waals surface area contributed by atoms with Crippen molar-refractivity contribution in [3.8, 4) is 0 Å². The third kappa shape index (κ3) is 4.30. The molecule has 0 saturated heterocycles. The summed E-state index contributed by atoms with van der Waals surface area (Å²) in [4.78, 5) is 10.8. The van der Waals surface area contributed by atoms with Crippen molar-refractivity contribution in [3.05, 3.63) is 41.6 Å². The number of alkyl halides is 3. The average molecular weight is 243 g/mol. The van der Waals surface area contributed by atoms with Crippen molar-refractivity contribution in [1.82, 2.24) is 0 Å². The minimum absolute atomic E-state index is 0.123. The van der Waals surface area contributed by atoms with E-state index in [4.69, 9.17) is 0 Å². The summed E-state index contributed by atoms with van der Waals surface area (Å²) in [5.74, 6) is -0.123. The van der Waals surface area contributed by atoms with Gasteiger partial charge in [0.2, 0.25) is 0 Å². The van der Waals surface area contributed by atoms with Gasteiger partial charge in [0.25, 0.3) is 0 Å². The maximum atomic E-state index is 12.3. The fourth-order valence-electron chi connectivity index (χ4n) is 1.31. The lowest BCUT2D eigenvalue weighted by Crippen LogP contribution is -2.05. The van der Waals surface area contributed by atoms with Gasteiger partial charge in [0.1, 0.15) is 0 Å². The molecule has 0 radical (unpaired) electrons. The van der Waals surface area contributed by atoms with Crippen LogP contribution in [-0.2, 0) is 11.0 Å². The number of hydrogen-bond acceptors (Lipinski definition) is 2. The van der Waals surface area contributed by atoms with Crippen LogP contribution in [0.3, 0.4) is 0 Å². The summed E-state index contributed by atoms with van der Waals surface area (Å²) in [5, 5.41) is 2.82. The average Bonchev–Trinajstić information content (AvgIpc) is 2.15. The standard InChI is InChI=1S/C12H12F3NO/c1-8(7-9(2)17)16-11-5-3-10(4-6-11)12(13,14)15/h3-7,16H,1-2H3/b8-7+. The van der Waals surface area contributed by atoms with Crippen LogP contribution in [0.2, 0.25) is 0 Å². The molecule has 1 N–H and O–H groups in total. The van der Waals surface area contributed by atoms with E-state index >= 15 is 0 Å². The molecule has 0 bridgehead atoms. The van der Waals surface area contributed by atoms with Gasteiger partial charge in [-0.25, -0.2) is 0 Å². The van der Waals surface area contributed by atoms with E-state index in [0.717, 1.165) is 12.1 Å². The Labute approximate surface area is 97.1 Å². The van der Waals surface area contributed by atoms with Crippen LogP contribution in [0.25, 0.3) is 0 Å². The minimum Gasteiger partial charge on any atom is -0.359 e. The largest absolute Gasteiger partial charge is 0.416 e. The van der Waals surface area contributed by atoms with Gasteiger partial charge >= 0.3 is 6.18 Å². The molecular weight excluding hydrogens is 231 g/mol. The molecule has 92 valence electrons. The molecule has 0 spiro atoms. The van der Waals surface area contributed by atoms with Crippen LogP contribution < -0.4 is 5.32 Å². The molecule has 0 heterocycles. The number of carbonyl (C=O) groups is 1. The second-order valence-electron chi connectivity index (χ2n) is 3.64. The SMILES string of the molecule is CC(=O)/C=C(\C)Nc1ccc(C(F)(F)F)cc1. The molecule has 0 aliphatic heterocycles. The van der Waals surface area contributed by atoms with Crippen LogP contribution in [0.1, 0.15) is 19.4 Å². The van der Waals surface area contributed by atoms with Crippen molar-refractivity contribution in [1.29, 1.82) is 0 Å². The van der Waals surface area contributed by atoms with E-state index in [2.05, 4.69) is 5.32 Å². The summed E-state index contributed by atoms with van der Waals surface area (Å²) in [6.45, 7) is 3.07. The van der Waals surface area contributed by atoms with Gasteiger partial charge in [0, 0.05) is 11.4 Å². The number of benzene rings is 1.